The van der Waals surface area contributed by atoms with Crippen LogP contribution in [0.25, 0.3) is 0 Å². The Morgan fingerprint density at radius 1 is 1.03 bits per heavy atom. The standard InChI is InChI=1S/C25H38O9S/c1-7-32-21(26)14-18(3)19-10-9-11-20(15-19)25(6,23(28)29)12-13-34-24(4,5)17-35(30,31)16-22(27)33-8-2/h9-11,15,18H,7-8,12-14,16-17H2,1-6H3,(H,28,29). The molecule has 198 valence electrons. The second-order valence-electron chi connectivity index (χ2n) is 9.37. The van der Waals surface area contributed by atoms with Crippen molar-refractivity contribution in [3.8, 4) is 0 Å². The fourth-order valence-electron chi connectivity index (χ4n) is 3.69. The number of sulfone groups is 1. The first-order valence-electron chi connectivity index (χ1n) is 11.6. The van der Waals surface area contributed by atoms with Gasteiger partial charge in [-0.25, -0.2) is 8.42 Å². The maximum absolute atomic E-state index is 12.3. The van der Waals surface area contributed by atoms with Gasteiger partial charge < -0.3 is 19.3 Å². The topological polar surface area (TPSA) is 133 Å². The van der Waals surface area contributed by atoms with Gasteiger partial charge in [0.2, 0.25) is 0 Å². The molecule has 10 heteroatoms. The Bertz CT molecular complexity index is 984. The Morgan fingerprint density at radius 2 is 1.63 bits per heavy atom. The van der Waals surface area contributed by atoms with Crippen LogP contribution in [0.1, 0.15) is 71.4 Å². The number of benzene rings is 1. The summed E-state index contributed by atoms with van der Waals surface area (Å²) >= 11 is 0. The van der Waals surface area contributed by atoms with Gasteiger partial charge in [-0.05, 0) is 58.1 Å². The SMILES string of the molecule is CCOC(=O)CC(C)c1cccc(C(C)(CCOC(C)(C)CS(=O)(=O)CC(=O)OCC)C(=O)O)c1. The van der Waals surface area contributed by atoms with Crippen molar-refractivity contribution >= 4 is 27.7 Å². The zero-order chi connectivity index (χ0) is 26.9. The van der Waals surface area contributed by atoms with E-state index in [1.165, 1.54) is 0 Å². The molecule has 0 aliphatic rings. The van der Waals surface area contributed by atoms with Gasteiger partial charge in [0, 0.05) is 6.61 Å². The second-order valence-corrected chi connectivity index (χ2v) is 11.4. The molecule has 9 nitrogen and oxygen atoms in total. The van der Waals surface area contributed by atoms with E-state index in [4.69, 9.17) is 14.2 Å². The van der Waals surface area contributed by atoms with Crippen LogP contribution in [0.15, 0.2) is 24.3 Å². The van der Waals surface area contributed by atoms with E-state index in [1.54, 1.807) is 52.8 Å². The summed E-state index contributed by atoms with van der Waals surface area (Å²) in [5.74, 6) is -3.50. The number of rotatable bonds is 15. The van der Waals surface area contributed by atoms with Crippen molar-refractivity contribution in [2.24, 2.45) is 0 Å². The lowest BCUT2D eigenvalue weighted by molar-refractivity contribution is -0.145. The molecule has 0 saturated carbocycles. The van der Waals surface area contributed by atoms with E-state index in [2.05, 4.69) is 0 Å². The third-order valence-electron chi connectivity index (χ3n) is 5.65. The molecular weight excluding hydrogens is 476 g/mol. The van der Waals surface area contributed by atoms with Crippen molar-refractivity contribution in [1.29, 1.82) is 0 Å². The molecule has 0 aliphatic heterocycles. The Labute approximate surface area is 208 Å². The number of carbonyl (C=O) groups is 3. The molecule has 0 bridgehead atoms. The number of ether oxygens (including phenoxy) is 3. The molecule has 1 N–H and O–H groups in total. The summed E-state index contributed by atoms with van der Waals surface area (Å²) in [5, 5.41) is 10.0. The molecule has 0 heterocycles. The molecule has 2 atom stereocenters. The first kappa shape index (κ1) is 30.6. The summed E-state index contributed by atoms with van der Waals surface area (Å²) in [6.07, 6.45) is 0.262. The number of carboxylic acids is 1. The third kappa shape index (κ3) is 9.97. The smallest absolute Gasteiger partial charge is 0.321 e. The highest BCUT2D eigenvalue weighted by Gasteiger charge is 2.37. The molecule has 0 aliphatic carbocycles. The highest BCUT2D eigenvalue weighted by atomic mass is 32.2. The van der Waals surface area contributed by atoms with Crippen LogP contribution in [0.3, 0.4) is 0 Å². The Hall–Kier alpha value is -2.46. The summed E-state index contributed by atoms with van der Waals surface area (Å²) in [4.78, 5) is 35.7. The minimum atomic E-state index is -3.78. The number of hydrogen-bond donors (Lipinski definition) is 1. The summed E-state index contributed by atoms with van der Waals surface area (Å²) in [6, 6.07) is 7.07. The van der Waals surface area contributed by atoms with Crippen molar-refractivity contribution in [2.45, 2.75) is 71.3 Å². The zero-order valence-electron chi connectivity index (χ0n) is 21.5. The van der Waals surface area contributed by atoms with Gasteiger partial charge in [-0.1, -0.05) is 31.2 Å². The van der Waals surface area contributed by atoms with E-state index < -0.39 is 44.3 Å². The third-order valence-corrected chi connectivity index (χ3v) is 7.46. The Morgan fingerprint density at radius 3 is 2.20 bits per heavy atom. The molecule has 1 rings (SSSR count). The van der Waals surface area contributed by atoms with Crippen molar-refractivity contribution in [3.63, 3.8) is 0 Å². The monoisotopic (exact) mass is 514 g/mol. The van der Waals surface area contributed by atoms with Crippen molar-refractivity contribution < 1.29 is 42.1 Å². The zero-order valence-corrected chi connectivity index (χ0v) is 22.3. The predicted octanol–water partition coefficient (Wildman–Crippen LogP) is 3.25. The average Bonchev–Trinajstić information content (AvgIpc) is 2.72. The van der Waals surface area contributed by atoms with Crippen molar-refractivity contribution in [2.75, 3.05) is 31.3 Å². The number of esters is 2. The van der Waals surface area contributed by atoms with Crippen LogP contribution >= 0.6 is 0 Å². The van der Waals surface area contributed by atoms with Crippen LogP contribution in [0.2, 0.25) is 0 Å². The molecule has 1 aromatic carbocycles. The lowest BCUT2D eigenvalue weighted by Gasteiger charge is -2.30. The highest BCUT2D eigenvalue weighted by Crippen LogP contribution is 2.32. The van der Waals surface area contributed by atoms with Gasteiger partial charge in [-0.15, -0.1) is 0 Å². The van der Waals surface area contributed by atoms with Crippen molar-refractivity contribution in [3.05, 3.63) is 35.4 Å². The van der Waals surface area contributed by atoms with Gasteiger partial charge in [0.1, 0.15) is 5.75 Å². The number of carboxylic acid groups (broad SMARTS) is 1. The molecule has 0 spiro atoms. The van der Waals surface area contributed by atoms with E-state index in [9.17, 15) is 27.9 Å². The first-order valence-corrected chi connectivity index (χ1v) is 13.5. The lowest BCUT2D eigenvalue weighted by Crippen LogP contribution is -2.39. The van der Waals surface area contributed by atoms with Crippen LogP contribution in [-0.4, -0.2) is 68.4 Å². The van der Waals surface area contributed by atoms with Gasteiger partial charge in [-0.2, -0.15) is 0 Å². The Balaban J connectivity index is 2.92. The normalized spacial score (nSPS) is 14.6. The summed E-state index contributed by atoms with van der Waals surface area (Å²) in [5.41, 5.74) is -1.08. The summed E-state index contributed by atoms with van der Waals surface area (Å²) in [6.45, 7) is 10.3. The van der Waals surface area contributed by atoms with E-state index in [0.717, 1.165) is 5.56 Å². The fraction of sp³-hybridized carbons (Fsp3) is 0.640. The molecule has 0 fully saturated rings. The fourth-order valence-corrected chi connectivity index (χ4v) is 5.37. The van der Waals surface area contributed by atoms with E-state index in [0.29, 0.717) is 12.2 Å². The van der Waals surface area contributed by atoms with Crippen LogP contribution in [0.4, 0.5) is 0 Å². The van der Waals surface area contributed by atoms with Gasteiger partial charge in [0.05, 0.1) is 36.4 Å². The minimum absolute atomic E-state index is 0.0205. The van der Waals surface area contributed by atoms with Gasteiger partial charge in [0.25, 0.3) is 0 Å². The van der Waals surface area contributed by atoms with E-state index >= 15 is 0 Å². The van der Waals surface area contributed by atoms with Crippen LogP contribution in [0, 0.1) is 0 Å². The molecule has 35 heavy (non-hydrogen) atoms. The molecule has 0 radical (unpaired) electrons. The second kappa shape index (κ2) is 13.0. The highest BCUT2D eigenvalue weighted by molar-refractivity contribution is 7.92. The van der Waals surface area contributed by atoms with Crippen LogP contribution < -0.4 is 0 Å². The minimum Gasteiger partial charge on any atom is -0.481 e. The number of carbonyl (C=O) groups excluding carboxylic acids is 2. The molecular formula is C25H38O9S. The summed E-state index contributed by atoms with van der Waals surface area (Å²) in [7, 11) is -3.78. The average molecular weight is 515 g/mol. The predicted molar refractivity (Wildman–Crippen MR) is 131 cm³/mol. The van der Waals surface area contributed by atoms with Gasteiger partial charge in [0.15, 0.2) is 9.84 Å². The van der Waals surface area contributed by atoms with Crippen molar-refractivity contribution in [1.82, 2.24) is 0 Å². The van der Waals surface area contributed by atoms with Gasteiger partial charge >= 0.3 is 17.9 Å². The van der Waals surface area contributed by atoms with E-state index in [-0.39, 0.29) is 37.9 Å². The number of hydrogen-bond acceptors (Lipinski definition) is 8. The Kier molecular flexibility index (Phi) is 11.4. The van der Waals surface area contributed by atoms with E-state index in [1.807, 2.05) is 13.0 Å². The molecule has 1 aromatic rings. The number of aliphatic carboxylic acids is 1. The lowest BCUT2D eigenvalue weighted by atomic mass is 9.78. The molecule has 0 aromatic heterocycles. The molecule has 0 saturated heterocycles. The maximum atomic E-state index is 12.3. The van der Waals surface area contributed by atoms with Crippen LogP contribution in [0.5, 0.6) is 0 Å². The quantitative estimate of drug-likeness (QED) is 0.350. The summed E-state index contributed by atoms with van der Waals surface area (Å²) < 4.78 is 40.1. The maximum Gasteiger partial charge on any atom is 0.321 e. The van der Waals surface area contributed by atoms with Gasteiger partial charge in [-0.3, -0.25) is 14.4 Å². The van der Waals surface area contributed by atoms with Crippen LogP contribution in [-0.2, 0) is 43.8 Å². The molecule has 0 amide bonds. The molecule has 2 unspecified atom stereocenters. The largest absolute Gasteiger partial charge is 0.481 e. The first-order chi connectivity index (χ1) is 16.2.